The number of hydrazine groups is 1. The molecule has 18 heavy (non-hydrogen) atoms. The summed E-state index contributed by atoms with van der Waals surface area (Å²) in [7, 11) is -3.26. The number of nitrogens with zero attached hydrogens (tertiary/aromatic N) is 2. The van der Waals surface area contributed by atoms with E-state index in [-0.39, 0.29) is 0 Å². The normalized spacial score (nSPS) is 14.7. The van der Waals surface area contributed by atoms with Crippen LogP contribution in [-0.2, 0) is 16.4 Å². The summed E-state index contributed by atoms with van der Waals surface area (Å²) in [5.74, 6) is 5.56. The van der Waals surface area contributed by atoms with Gasteiger partial charge in [-0.2, -0.15) is 5.10 Å². The average molecular weight is 274 g/mol. The quantitative estimate of drug-likeness (QED) is 0.586. The van der Waals surface area contributed by atoms with E-state index in [0.717, 1.165) is 18.7 Å². The van der Waals surface area contributed by atoms with Crippen LogP contribution in [-0.4, -0.2) is 29.2 Å². The summed E-state index contributed by atoms with van der Waals surface area (Å²) in [6.45, 7) is 6.10. The zero-order chi connectivity index (χ0) is 14.0. The fourth-order valence-corrected chi connectivity index (χ4v) is 2.46. The number of aromatic nitrogens is 2. The van der Waals surface area contributed by atoms with Gasteiger partial charge in [-0.3, -0.25) is 10.5 Å². The third kappa shape index (κ3) is 2.73. The minimum Gasteiger partial charge on any atom is -0.271 e. The zero-order valence-corrected chi connectivity index (χ0v) is 12.2. The minimum atomic E-state index is -3.26. The highest BCUT2D eigenvalue weighted by molar-refractivity contribution is 7.92. The van der Waals surface area contributed by atoms with Crippen molar-refractivity contribution in [1.82, 2.24) is 15.2 Å². The Morgan fingerprint density at radius 2 is 2.17 bits per heavy atom. The molecule has 1 heterocycles. The van der Waals surface area contributed by atoms with Gasteiger partial charge in [-0.05, 0) is 26.3 Å². The van der Waals surface area contributed by atoms with Crippen molar-refractivity contribution in [1.29, 1.82) is 0 Å². The van der Waals surface area contributed by atoms with E-state index in [4.69, 9.17) is 5.84 Å². The lowest BCUT2D eigenvalue weighted by Gasteiger charge is -2.32. The molecule has 0 saturated carbocycles. The molecule has 104 valence electrons. The number of nitrogens with one attached hydrogen (secondary N) is 1. The molecule has 3 N–H and O–H groups in total. The second-order valence-corrected chi connectivity index (χ2v) is 7.55. The van der Waals surface area contributed by atoms with Crippen molar-refractivity contribution in [3.05, 3.63) is 18.0 Å². The van der Waals surface area contributed by atoms with E-state index in [1.165, 1.54) is 6.26 Å². The number of hydrogen-bond acceptors (Lipinski definition) is 5. The highest BCUT2D eigenvalue weighted by atomic mass is 32.2. The maximum absolute atomic E-state index is 11.9. The zero-order valence-electron chi connectivity index (χ0n) is 11.3. The lowest BCUT2D eigenvalue weighted by atomic mass is 10.0. The fraction of sp³-hybridized carbons (Fsp3) is 0.727. The lowest BCUT2D eigenvalue weighted by molar-refractivity contribution is 0.396. The van der Waals surface area contributed by atoms with Crippen molar-refractivity contribution >= 4 is 9.84 Å². The van der Waals surface area contributed by atoms with Crippen LogP contribution in [0.1, 0.15) is 38.9 Å². The predicted molar refractivity (Wildman–Crippen MR) is 71.5 cm³/mol. The van der Waals surface area contributed by atoms with Crippen LogP contribution in [0.4, 0.5) is 0 Å². The van der Waals surface area contributed by atoms with Gasteiger partial charge in [0, 0.05) is 19.0 Å². The molecule has 0 aromatic carbocycles. The SMILES string of the molecule is CCCn1nccc1C(NN)C(C)(C)S(C)(=O)=O. The van der Waals surface area contributed by atoms with Gasteiger partial charge >= 0.3 is 0 Å². The molecule has 0 amide bonds. The third-order valence-corrected chi connectivity index (χ3v) is 5.45. The first-order chi connectivity index (χ1) is 8.25. The largest absolute Gasteiger partial charge is 0.271 e. The monoisotopic (exact) mass is 274 g/mol. The number of rotatable bonds is 6. The van der Waals surface area contributed by atoms with Gasteiger partial charge in [0.25, 0.3) is 0 Å². The molecule has 1 atom stereocenters. The Morgan fingerprint density at radius 3 is 2.61 bits per heavy atom. The summed E-state index contributed by atoms with van der Waals surface area (Å²) in [5.41, 5.74) is 3.40. The Morgan fingerprint density at radius 1 is 1.56 bits per heavy atom. The molecular weight excluding hydrogens is 252 g/mol. The Kier molecular flexibility index (Phi) is 4.52. The molecule has 0 aliphatic carbocycles. The van der Waals surface area contributed by atoms with E-state index in [0.29, 0.717) is 0 Å². The molecule has 0 spiro atoms. The van der Waals surface area contributed by atoms with Crippen molar-refractivity contribution in [3.63, 3.8) is 0 Å². The first-order valence-corrected chi connectivity index (χ1v) is 7.82. The maximum Gasteiger partial charge on any atom is 0.154 e. The molecule has 0 aliphatic heterocycles. The van der Waals surface area contributed by atoms with Crippen molar-refractivity contribution in [2.45, 2.75) is 44.5 Å². The van der Waals surface area contributed by atoms with Crippen molar-refractivity contribution < 1.29 is 8.42 Å². The smallest absolute Gasteiger partial charge is 0.154 e. The van der Waals surface area contributed by atoms with E-state index >= 15 is 0 Å². The second-order valence-electron chi connectivity index (χ2n) is 4.95. The topological polar surface area (TPSA) is 90.0 Å². The maximum atomic E-state index is 11.9. The van der Waals surface area contributed by atoms with Crippen molar-refractivity contribution in [3.8, 4) is 0 Å². The molecule has 1 aromatic heterocycles. The van der Waals surface area contributed by atoms with Gasteiger partial charge in [-0.1, -0.05) is 6.92 Å². The third-order valence-electron chi connectivity index (χ3n) is 3.30. The number of hydrogen-bond donors (Lipinski definition) is 2. The first-order valence-electron chi connectivity index (χ1n) is 5.93. The van der Waals surface area contributed by atoms with Crippen LogP contribution >= 0.6 is 0 Å². The summed E-state index contributed by atoms with van der Waals surface area (Å²) in [6.07, 6.45) is 3.80. The van der Waals surface area contributed by atoms with E-state index in [2.05, 4.69) is 10.5 Å². The van der Waals surface area contributed by atoms with Gasteiger partial charge in [0.15, 0.2) is 9.84 Å². The Balaban J connectivity index is 3.22. The number of sulfone groups is 1. The summed E-state index contributed by atoms with van der Waals surface area (Å²) in [6, 6.07) is 1.30. The minimum absolute atomic E-state index is 0.499. The van der Waals surface area contributed by atoms with Crippen molar-refractivity contribution in [2.24, 2.45) is 5.84 Å². The summed E-state index contributed by atoms with van der Waals surface area (Å²) in [5, 5.41) is 4.20. The standard InChI is InChI=1S/C11H22N4O2S/c1-5-8-15-9(6-7-13-15)10(14-12)11(2,3)18(4,16)17/h6-7,10,14H,5,8,12H2,1-4H3. The Labute approximate surface area is 108 Å². The van der Waals surface area contributed by atoms with Gasteiger partial charge in [-0.25, -0.2) is 13.8 Å². The molecule has 0 radical (unpaired) electrons. The van der Waals surface area contributed by atoms with E-state index in [1.54, 1.807) is 30.8 Å². The van der Waals surface area contributed by atoms with Crippen LogP contribution in [0, 0.1) is 0 Å². The van der Waals surface area contributed by atoms with E-state index < -0.39 is 20.6 Å². The molecule has 7 heteroatoms. The van der Waals surface area contributed by atoms with E-state index in [9.17, 15) is 8.42 Å². The van der Waals surface area contributed by atoms with Crippen molar-refractivity contribution in [2.75, 3.05) is 6.26 Å². The van der Waals surface area contributed by atoms with Crippen LogP contribution in [0.2, 0.25) is 0 Å². The summed E-state index contributed by atoms with van der Waals surface area (Å²) >= 11 is 0. The predicted octanol–water partition coefficient (Wildman–Crippen LogP) is 0.621. The first kappa shape index (κ1) is 15.1. The van der Waals surface area contributed by atoms with Gasteiger partial charge in [0.1, 0.15) is 0 Å². The molecule has 0 saturated heterocycles. The van der Waals surface area contributed by atoms with Crippen LogP contribution in [0.5, 0.6) is 0 Å². The molecule has 0 bridgehead atoms. The van der Waals surface area contributed by atoms with Gasteiger partial charge in [0.05, 0.1) is 16.5 Å². The van der Waals surface area contributed by atoms with Crippen LogP contribution < -0.4 is 11.3 Å². The molecular formula is C11H22N4O2S. The fourth-order valence-electron chi connectivity index (χ4n) is 1.84. The van der Waals surface area contributed by atoms with E-state index in [1.807, 2.05) is 6.92 Å². The highest BCUT2D eigenvalue weighted by Gasteiger charge is 2.40. The van der Waals surface area contributed by atoms with Gasteiger partial charge in [0.2, 0.25) is 0 Å². The van der Waals surface area contributed by atoms with Gasteiger partial charge < -0.3 is 0 Å². The molecule has 6 nitrogen and oxygen atoms in total. The molecule has 1 aromatic rings. The lowest BCUT2D eigenvalue weighted by Crippen LogP contribution is -2.48. The van der Waals surface area contributed by atoms with Gasteiger partial charge in [-0.15, -0.1) is 0 Å². The number of aryl methyl sites for hydroxylation is 1. The average Bonchev–Trinajstić information content (AvgIpc) is 2.66. The molecule has 1 unspecified atom stereocenters. The molecule has 0 fully saturated rings. The molecule has 0 aliphatic rings. The Hall–Kier alpha value is -0.920. The number of nitrogens with two attached hydrogens (primary N) is 1. The van der Waals surface area contributed by atoms with Crippen LogP contribution in [0.3, 0.4) is 0 Å². The summed E-state index contributed by atoms with van der Waals surface area (Å²) < 4.78 is 24.6. The Bertz CT molecular complexity index is 493. The second kappa shape index (κ2) is 5.38. The van der Waals surface area contributed by atoms with Crippen LogP contribution in [0.15, 0.2) is 12.3 Å². The van der Waals surface area contributed by atoms with Crippen LogP contribution in [0.25, 0.3) is 0 Å². The summed E-state index contributed by atoms with van der Waals surface area (Å²) in [4.78, 5) is 0. The highest BCUT2D eigenvalue weighted by Crippen LogP contribution is 2.31. The molecule has 1 rings (SSSR count).